The molecule has 1 atom stereocenters. The van der Waals surface area contributed by atoms with Crippen molar-refractivity contribution >= 4 is 17.5 Å². The molecule has 1 aromatic heterocycles. The summed E-state index contributed by atoms with van der Waals surface area (Å²) in [4.78, 5) is 25.5. The van der Waals surface area contributed by atoms with Crippen LogP contribution < -0.4 is 10.2 Å². The Labute approximate surface area is 151 Å². The fourth-order valence-electron chi connectivity index (χ4n) is 3.94. The van der Waals surface area contributed by atoms with E-state index in [0.717, 1.165) is 50.8 Å². The summed E-state index contributed by atoms with van der Waals surface area (Å²) in [6.07, 6.45) is 9.33. The molecule has 0 bridgehead atoms. The first-order valence-electron chi connectivity index (χ1n) is 9.85. The number of likely N-dealkylation sites (tertiary alicyclic amines) is 1. The monoisotopic (exact) mass is 345 g/mol. The lowest BCUT2D eigenvalue weighted by Crippen LogP contribution is -2.38. The van der Waals surface area contributed by atoms with Crippen LogP contribution >= 0.6 is 0 Å². The van der Waals surface area contributed by atoms with Gasteiger partial charge < -0.3 is 15.1 Å². The van der Waals surface area contributed by atoms with Crippen LogP contribution in [0.15, 0.2) is 12.4 Å². The Balaban J connectivity index is 1.50. The molecule has 0 aliphatic carbocycles. The van der Waals surface area contributed by atoms with Gasteiger partial charge in [-0.3, -0.25) is 4.79 Å². The summed E-state index contributed by atoms with van der Waals surface area (Å²) in [5, 5.41) is 3.25. The van der Waals surface area contributed by atoms with E-state index in [4.69, 9.17) is 0 Å². The molecule has 6 nitrogen and oxygen atoms in total. The first-order chi connectivity index (χ1) is 12.3. The third kappa shape index (κ3) is 5.06. The minimum atomic E-state index is 0.355. The largest absolute Gasteiger partial charge is 0.370 e. The maximum atomic E-state index is 12.4. The molecular weight excluding hydrogens is 314 g/mol. The molecule has 2 fully saturated rings. The Hall–Kier alpha value is -1.85. The van der Waals surface area contributed by atoms with Gasteiger partial charge in [-0.2, -0.15) is 0 Å². The van der Waals surface area contributed by atoms with Crippen molar-refractivity contribution in [2.45, 2.75) is 51.9 Å². The molecule has 25 heavy (non-hydrogen) atoms. The number of aromatic nitrogens is 2. The van der Waals surface area contributed by atoms with Gasteiger partial charge in [-0.05, 0) is 51.4 Å². The second-order valence-electron chi connectivity index (χ2n) is 7.23. The SMILES string of the molecule is CCNc1cc(N2CCCC(CCC(=O)N3CCCCC3)C2)ncn1. The van der Waals surface area contributed by atoms with Crippen LogP contribution in [0, 0.1) is 5.92 Å². The van der Waals surface area contributed by atoms with Crippen LogP contribution in [0.5, 0.6) is 0 Å². The molecule has 0 radical (unpaired) electrons. The molecule has 0 spiro atoms. The Bertz CT molecular complexity index is 559. The van der Waals surface area contributed by atoms with Gasteiger partial charge in [0.15, 0.2) is 0 Å². The lowest BCUT2D eigenvalue weighted by Gasteiger charge is -2.34. The van der Waals surface area contributed by atoms with Gasteiger partial charge in [-0.1, -0.05) is 0 Å². The molecule has 3 heterocycles. The molecule has 1 aromatic rings. The number of hydrogen-bond donors (Lipinski definition) is 1. The summed E-state index contributed by atoms with van der Waals surface area (Å²) in [6, 6.07) is 2.03. The zero-order valence-electron chi connectivity index (χ0n) is 15.4. The first kappa shape index (κ1) is 18.0. The highest BCUT2D eigenvalue weighted by atomic mass is 16.2. The average molecular weight is 345 g/mol. The van der Waals surface area contributed by atoms with Gasteiger partial charge in [0.2, 0.25) is 5.91 Å². The molecule has 1 amide bonds. The summed E-state index contributed by atoms with van der Waals surface area (Å²) < 4.78 is 0. The first-order valence-corrected chi connectivity index (χ1v) is 9.85. The zero-order valence-corrected chi connectivity index (χ0v) is 15.4. The van der Waals surface area contributed by atoms with Crippen molar-refractivity contribution in [1.82, 2.24) is 14.9 Å². The van der Waals surface area contributed by atoms with Crippen LogP contribution in [-0.2, 0) is 4.79 Å². The number of amides is 1. The molecule has 2 aliphatic rings. The fraction of sp³-hybridized carbons (Fsp3) is 0.737. The van der Waals surface area contributed by atoms with E-state index < -0.39 is 0 Å². The number of carbonyl (C=O) groups excluding carboxylic acids is 1. The van der Waals surface area contributed by atoms with Gasteiger partial charge in [0, 0.05) is 45.2 Å². The van der Waals surface area contributed by atoms with Gasteiger partial charge >= 0.3 is 0 Å². The van der Waals surface area contributed by atoms with Crippen molar-refractivity contribution < 1.29 is 4.79 Å². The van der Waals surface area contributed by atoms with Crippen LogP contribution in [0.3, 0.4) is 0 Å². The summed E-state index contributed by atoms with van der Waals surface area (Å²) in [5.41, 5.74) is 0. The molecule has 138 valence electrons. The van der Waals surface area contributed by atoms with Gasteiger partial charge in [0.25, 0.3) is 0 Å². The van der Waals surface area contributed by atoms with Gasteiger partial charge in [-0.25, -0.2) is 9.97 Å². The molecular formula is C19H31N5O. The van der Waals surface area contributed by atoms with Crippen molar-refractivity contribution in [2.24, 2.45) is 5.92 Å². The van der Waals surface area contributed by atoms with Crippen LogP contribution in [0.1, 0.15) is 51.9 Å². The smallest absolute Gasteiger partial charge is 0.222 e. The molecule has 0 aromatic carbocycles. The van der Waals surface area contributed by atoms with Crippen LogP contribution in [0.4, 0.5) is 11.6 Å². The normalized spacial score (nSPS) is 21.2. The predicted molar refractivity (Wildman–Crippen MR) is 101 cm³/mol. The second kappa shape index (κ2) is 9.02. The average Bonchev–Trinajstić information content (AvgIpc) is 2.67. The van der Waals surface area contributed by atoms with Crippen LogP contribution in [0.25, 0.3) is 0 Å². The van der Waals surface area contributed by atoms with E-state index >= 15 is 0 Å². The Morgan fingerprint density at radius 3 is 2.84 bits per heavy atom. The Morgan fingerprint density at radius 1 is 1.20 bits per heavy atom. The lowest BCUT2D eigenvalue weighted by atomic mass is 9.93. The number of hydrogen-bond acceptors (Lipinski definition) is 5. The molecule has 1 N–H and O–H groups in total. The zero-order chi connectivity index (χ0) is 17.5. The van der Waals surface area contributed by atoms with Gasteiger partial charge in [0.1, 0.15) is 18.0 Å². The lowest BCUT2D eigenvalue weighted by molar-refractivity contribution is -0.132. The highest BCUT2D eigenvalue weighted by Crippen LogP contribution is 2.26. The Kier molecular flexibility index (Phi) is 6.48. The number of nitrogens with zero attached hydrogens (tertiary/aromatic N) is 4. The van der Waals surface area contributed by atoms with Crippen LogP contribution in [-0.4, -0.2) is 53.5 Å². The van der Waals surface area contributed by atoms with E-state index in [1.165, 1.54) is 32.1 Å². The fourth-order valence-corrected chi connectivity index (χ4v) is 3.94. The number of carbonyl (C=O) groups is 1. The van der Waals surface area contributed by atoms with E-state index in [1.54, 1.807) is 6.33 Å². The van der Waals surface area contributed by atoms with E-state index in [1.807, 2.05) is 6.07 Å². The molecule has 3 rings (SSSR count). The topological polar surface area (TPSA) is 61.4 Å². The summed E-state index contributed by atoms with van der Waals surface area (Å²) >= 11 is 0. The van der Waals surface area contributed by atoms with Gasteiger partial charge in [-0.15, -0.1) is 0 Å². The minimum absolute atomic E-state index is 0.355. The molecule has 2 aliphatic heterocycles. The maximum absolute atomic E-state index is 12.4. The summed E-state index contributed by atoms with van der Waals surface area (Å²) in [6.45, 7) is 6.89. The number of nitrogens with one attached hydrogen (secondary N) is 1. The number of piperidine rings is 2. The van der Waals surface area contributed by atoms with E-state index in [-0.39, 0.29) is 0 Å². The number of rotatable bonds is 6. The van der Waals surface area contributed by atoms with Crippen LogP contribution in [0.2, 0.25) is 0 Å². The maximum Gasteiger partial charge on any atom is 0.222 e. The minimum Gasteiger partial charge on any atom is -0.370 e. The van der Waals surface area contributed by atoms with E-state index in [2.05, 4.69) is 32.0 Å². The Morgan fingerprint density at radius 2 is 2.04 bits per heavy atom. The summed E-state index contributed by atoms with van der Waals surface area (Å²) in [5.74, 6) is 2.82. The highest BCUT2D eigenvalue weighted by molar-refractivity contribution is 5.76. The third-order valence-electron chi connectivity index (χ3n) is 5.33. The molecule has 0 saturated carbocycles. The van der Waals surface area contributed by atoms with Crippen molar-refractivity contribution in [1.29, 1.82) is 0 Å². The van der Waals surface area contributed by atoms with Crippen molar-refractivity contribution in [3.05, 3.63) is 12.4 Å². The summed E-state index contributed by atoms with van der Waals surface area (Å²) in [7, 11) is 0. The van der Waals surface area contributed by atoms with Crippen molar-refractivity contribution in [2.75, 3.05) is 42.9 Å². The third-order valence-corrected chi connectivity index (χ3v) is 5.33. The van der Waals surface area contributed by atoms with Gasteiger partial charge in [0.05, 0.1) is 0 Å². The second-order valence-corrected chi connectivity index (χ2v) is 7.23. The number of anilines is 2. The van der Waals surface area contributed by atoms with Crippen molar-refractivity contribution in [3.63, 3.8) is 0 Å². The van der Waals surface area contributed by atoms with E-state index in [0.29, 0.717) is 18.2 Å². The molecule has 6 heteroatoms. The quantitative estimate of drug-likeness (QED) is 0.859. The van der Waals surface area contributed by atoms with E-state index in [9.17, 15) is 4.79 Å². The van der Waals surface area contributed by atoms with Crippen molar-refractivity contribution in [3.8, 4) is 0 Å². The predicted octanol–water partition coefficient (Wildman–Crippen LogP) is 2.92. The highest BCUT2D eigenvalue weighted by Gasteiger charge is 2.23. The standard InChI is InChI=1S/C19H31N5O/c1-2-20-17-13-18(22-15-21-17)24-12-6-7-16(14-24)8-9-19(25)23-10-4-3-5-11-23/h13,15-16H,2-12,14H2,1H3,(H,20,21,22). The molecule has 2 saturated heterocycles. The molecule has 1 unspecified atom stereocenters.